The lowest BCUT2D eigenvalue weighted by molar-refractivity contribution is -0.130. The van der Waals surface area contributed by atoms with Gasteiger partial charge in [-0.2, -0.15) is 5.10 Å². The maximum Gasteiger partial charge on any atom is 0.219 e. The van der Waals surface area contributed by atoms with Crippen molar-refractivity contribution in [2.45, 2.75) is 53.5 Å². The molecule has 2 rings (SSSR count). The lowest BCUT2D eigenvalue weighted by Crippen LogP contribution is -2.39. The average Bonchev–Trinajstić information content (AvgIpc) is 2.71. The van der Waals surface area contributed by atoms with Crippen molar-refractivity contribution in [3.05, 3.63) is 17.5 Å². The van der Waals surface area contributed by atoms with E-state index in [1.807, 2.05) is 25.7 Å². The summed E-state index contributed by atoms with van der Waals surface area (Å²) in [6.07, 6.45) is 2.19. The molecule has 0 bridgehead atoms. The molecule has 0 saturated carbocycles. The topological polar surface area (TPSA) is 38.1 Å². The highest BCUT2D eigenvalue weighted by Gasteiger charge is 2.24. The third kappa shape index (κ3) is 3.34. The number of carbonyl (C=O) groups is 1. The molecule has 1 aliphatic rings. The van der Waals surface area contributed by atoms with Crippen molar-refractivity contribution in [3.63, 3.8) is 0 Å². The Kier molecular flexibility index (Phi) is 5.38. The van der Waals surface area contributed by atoms with Crippen LogP contribution in [0.4, 0.5) is 0 Å². The molecule has 0 N–H and O–H groups in total. The SMILES string of the molecule is CC.CC(=O)N1CCCC(n2nc(C)cc2C)C1. The van der Waals surface area contributed by atoms with E-state index in [9.17, 15) is 4.79 Å². The molecule has 1 amide bonds. The fraction of sp³-hybridized carbons (Fsp3) is 0.714. The number of aromatic nitrogens is 2. The maximum absolute atomic E-state index is 11.4. The second-order valence-corrected chi connectivity index (χ2v) is 4.63. The highest BCUT2D eigenvalue weighted by Crippen LogP contribution is 2.22. The Labute approximate surface area is 110 Å². The zero-order chi connectivity index (χ0) is 13.7. The zero-order valence-corrected chi connectivity index (χ0v) is 12.2. The average molecular weight is 251 g/mol. The summed E-state index contributed by atoms with van der Waals surface area (Å²) >= 11 is 0. The van der Waals surface area contributed by atoms with Crippen LogP contribution in [0.5, 0.6) is 0 Å². The van der Waals surface area contributed by atoms with Crippen molar-refractivity contribution in [2.24, 2.45) is 0 Å². The summed E-state index contributed by atoms with van der Waals surface area (Å²) in [7, 11) is 0. The smallest absolute Gasteiger partial charge is 0.219 e. The normalized spacial score (nSPS) is 19.2. The van der Waals surface area contributed by atoms with E-state index in [1.165, 1.54) is 5.69 Å². The van der Waals surface area contributed by atoms with Gasteiger partial charge in [0.25, 0.3) is 0 Å². The quantitative estimate of drug-likeness (QED) is 0.769. The monoisotopic (exact) mass is 251 g/mol. The minimum atomic E-state index is 0.172. The van der Waals surface area contributed by atoms with E-state index >= 15 is 0 Å². The van der Waals surface area contributed by atoms with Gasteiger partial charge in [0.05, 0.1) is 11.7 Å². The standard InChI is InChI=1S/C12H19N3O.C2H6/c1-9-7-10(2)15(13-9)12-5-4-6-14(8-12)11(3)16;1-2/h7,12H,4-6,8H2,1-3H3;1-2H3. The van der Waals surface area contributed by atoms with Gasteiger partial charge in [0.1, 0.15) is 0 Å². The number of hydrogen-bond donors (Lipinski definition) is 0. The molecule has 102 valence electrons. The van der Waals surface area contributed by atoms with Crippen molar-refractivity contribution in [1.82, 2.24) is 14.7 Å². The van der Waals surface area contributed by atoms with E-state index in [4.69, 9.17) is 0 Å². The van der Waals surface area contributed by atoms with Crippen molar-refractivity contribution >= 4 is 5.91 Å². The van der Waals surface area contributed by atoms with Crippen LogP contribution in [0.25, 0.3) is 0 Å². The number of nitrogens with zero attached hydrogens (tertiary/aromatic N) is 3. The fourth-order valence-electron chi connectivity index (χ4n) is 2.46. The Morgan fingerprint density at radius 1 is 1.39 bits per heavy atom. The minimum absolute atomic E-state index is 0.172. The first-order valence-electron chi connectivity index (χ1n) is 6.86. The van der Waals surface area contributed by atoms with Crippen molar-refractivity contribution in [2.75, 3.05) is 13.1 Å². The Balaban J connectivity index is 0.000000771. The van der Waals surface area contributed by atoms with Crippen LogP contribution in [0.3, 0.4) is 0 Å². The summed E-state index contributed by atoms with van der Waals surface area (Å²) in [6, 6.07) is 2.44. The highest BCUT2D eigenvalue weighted by molar-refractivity contribution is 5.73. The van der Waals surface area contributed by atoms with Gasteiger partial charge >= 0.3 is 0 Å². The molecule has 1 aromatic heterocycles. The summed E-state index contributed by atoms with van der Waals surface area (Å²) < 4.78 is 2.07. The molecule has 1 aliphatic heterocycles. The molecular weight excluding hydrogens is 226 g/mol. The first-order valence-corrected chi connectivity index (χ1v) is 6.86. The molecule has 4 nitrogen and oxygen atoms in total. The van der Waals surface area contributed by atoms with E-state index in [2.05, 4.69) is 22.8 Å². The fourth-order valence-corrected chi connectivity index (χ4v) is 2.46. The van der Waals surface area contributed by atoms with Gasteiger partial charge in [0, 0.05) is 25.7 Å². The molecule has 0 spiro atoms. The molecule has 1 unspecified atom stereocenters. The predicted octanol–water partition coefficient (Wildman–Crippen LogP) is 2.71. The van der Waals surface area contributed by atoms with Gasteiger partial charge in [-0.05, 0) is 32.8 Å². The molecular formula is C14H25N3O. The Morgan fingerprint density at radius 3 is 2.56 bits per heavy atom. The van der Waals surface area contributed by atoms with Crippen LogP contribution in [0.2, 0.25) is 0 Å². The van der Waals surface area contributed by atoms with Crippen molar-refractivity contribution in [3.8, 4) is 0 Å². The first kappa shape index (κ1) is 14.7. The van der Waals surface area contributed by atoms with Gasteiger partial charge < -0.3 is 4.90 Å². The Morgan fingerprint density at radius 2 is 2.06 bits per heavy atom. The largest absolute Gasteiger partial charge is 0.341 e. The molecule has 2 heterocycles. The van der Waals surface area contributed by atoms with Gasteiger partial charge in [0.15, 0.2) is 0 Å². The number of rotatable bonds is 1. The molecule has 1 atom stereocenters. The lowest BCUT2D eigenvalue weighted by Gasteiger charge is -2.32. The second kappa shape index (κ2) is 6.57. The van der Waals surface area contributed by atoms with Crippen LogP contribution in [0.15, 0.2) is 6.07 Å². The molecule has 18 heavy (non-hydrogen) atoms. The molecule has 0 aliphatic carbocycles. The van der Waals surface area contributed by atoms with Gasteiger partial charge in [-0.15, -0.1) is 0 Å². The number of carbonyl (C=O) groups excluding carboxylic acids is 1. The first-order chi connectivity index (χ1) is 8.58. The summed E-state index contributed by atoms with van der Waals surface area (Å²) in [6.45, 7) is 11.4. The van der Waals surface area contributed by atoms with E-state index < -0.39 is 0 Å². The third-order valence-corrected chi connectivity index (χ3v) is 3.23. The van der Waals surface area contributed by atoms with E-state index in [1.54, 1.807) is 6.92 Å². The number of hydrogen-bond acceptors (Lipinski definition) is 2. The molecule has 1 fully saturated rings. The molecule has 1 saturated heterocycles. The number of amides is 1. The van der Waals surface area contributed by atoms with Crippen LogP contribution in [0.1, 0.15) is 51.0 Å². The van der Waals surface area contributed by atoms with Gasteiger partial charge in [-0.3, -0.25) is 9.48 Å². The summed E-state index contributed by atoms with van der Waals surface area (Å²) in [5.74, 6) is 0.172. The van der Waals surface area contributed by atoms with E-state index in [0.29, 0.717) is 6.04 Å². The molecule has 0 radical (unpaired) electrons. The second-order valence-electron chi connectivity index (χ2n) is 4.63. The maximum atomic E-state index is 11.4. The van der Waals surface area contributed by atoms with E-state index in [-0.39, 0.29) is 5.91 Å². The van der Waals surface area contributed by atoms with Crippen LogP contribution in [-0.2, 0) is 4.79 Å². The Hall–Kier alpha value is -1.32. The van der Waals surface area contributed by atoms with Crippen molar-refractivity contribution < 1.29 is 4.79 Å². The number of aryl methyl sites for hydroxylation is 2. The van der Waals surface area contributed by atoms with Crippen molar-refractivity contribution in [1.29, 1.82) is 0 Å². The highest BCUT2D eigenvalue weighted by atomic mass is 16.2. The Bertz CT molecular complexity index is 398. The summed E-state index contributed by atoms with van der Waals surface area (Å²) in [5.41, 5.74) is 2.24. The van der Waals surface area contributed by atoms with Gasteiger partial charge in [-0.25, -0.2) is 0 Å². The molecule has 1 aromatic rings. The van der Waals surface area contributed by atoms with Crippen LogP contribution >= 0.6 is 0 Å². The zero-order valence-electron chi connectivity index (χ0n) is 12.2. The predicted molar refractivity (Wildman–Crippen MR) is 73.6 cm³/mol. The molecule has 4 heteroatoms. The third-order valence-electron chi connectivity index (χ3n) is 3.23. The number of likely N-dealkylation sites (tertiary alicyclic amines) is 1. The summed E-state index contributed by atoms with van der Waals surface area (Å²) in [5, 5.41) is 4.51. The van der Waals surface area contributed by atoms with Gasteiger partial charge in [0.2, 0.25) is 5.91 Å². The molecule has 0 aromatic carbocycles. The summed E-state index contributed by atoms with van der Waals surface area (Å²) in [4.78, 5) is 13.3. The van der Waals surface area contributed by atoms with Crippen LogP contribution in [-0.4, -0.2) is 33.7 Å². The lowest BCUT2D eigenvalue weighted by atomic mass is 10.1. The van der Waals surface area contributed by atoms with Crippen LogP contribution < -0.4 is 0 Å². The minimum Gasteiger partial charge on any atom is -0.341 e. The van der Waals surface area contributed by atoms with Crippen LogP contribution in [0, 0.1) is 13.8 Å². The van der Waals surface area contributed by atoms with Gasteiger partial charge in [-0.1, -0.05) is 13.8 Å². The van der Waals surface area contributed by atoms with E-state index in [0.717, 1.165) is 31.6 Å². The number of piperidine rings is 1.